The van der Waals surface area contributed by atoms with Crippen molar-refractivity contribution in [2.45, 2.75) is 25.7 Å². The number of carbonyl (C=O) groups excluding carboxylic acids is 1. The SMILES string of the molecule is Cc1cc(C2CCCNC2)oc(=O)c1C(=O)N1CCN(S(N)(=O)=O)CC1. The highest BCUT2D eigenvalue weighted by atomic mass is 32.2. The molecule has 10 heteroatoms. The lowest BCUT2D eigenvalue weighted by Crippen LogP contribution is -2.52. The average Bonchev–Trinajstić information content (AvgIpc) is 2.61. The van der Waals surface area contributed by atoms with E-state index in [2.05, 4.69) is 5.32 Å². The van der Waals surface area contributed by atoms with Gasteiger partial charge in [-0.3, -0.25) is 4.79 Å². The van der Waals surface area contributed by atoms with Gasteiger partial charge in [-0.2, -0.15) is 12.7 Å². The molecule has 3 N–H and O–H groups in total. The second kappa shape index (κ2) is 7.47. The maximum Gasteiger partial charge on any atom is 0.349 e. The fraction of sp³-hybridized carbons (Fsp3) is 0.625. The lowest BCUT2D eigenvalue weighted by molar-refractivity contribution is 0.0691. The summed E-state index contributed by atoms with van der Waals surface area (Å²) >= 11 is 0. The van der Waals surface area contributed by atoms with E-state index in [-0.39, 0.29) is 37.7 Å². The molecule has 0 spiro atoms. The fourth-order valence-corrected chi connectivity index (χ4v) is 4.16. The summed E-state index contributed by atoms with van der Waals surface area (Å²) in [7, 11) is -3.76. The third kappa shape index (κ3) is 3.98. The lowest BCUT2D eigenvalue weighted by atomic mass is 9.95. The molecule has 2 saturated heterocycles. The van der Waals surface area contributed by atoms with Crippen molar-refractivity contribution in [3.63, 3.8) is 0 Å². The van der Waals surface area contributed by atoms with Gasteiger partial charge in [0.15, 0.2) is 0 Å². The normalized spacial score (nSPS) is 22.4. The molecule has 3 rings (SSSR count). The summed E-state index contributed by atoms with van der Waals surface area (Å²) in [4.78, 5) is 26.7. The van der Waals surface area contributed by atoms with Crippen LogP contribution in [-0.2, 0) is 10.2 Å². The van der Waals surface area contributed by atoms with Crippen molar-refractivity contribution in [3.8, 4) is 0 Å². The van der Waals surface area contributed by atoms with Crippen molar-refractivity contribution in [1.82, 2.24) is 14.5 Å². The highest BCUT2D eigenvalue weighted by molar-refractivity contribution is 7.86. The van der Waals surface area contributed by atoms with E-state index in [1.165, 1.54) is 4.90 Å². The molecule has 1 aromatic rings. The summed E-state index contributed by atoms with van der Waals surface area (Å²) < 4.78 is 29.3. The van der Waals surface area contributed by atoms with Crippen LogP contribution in [0.4, 0.5) is 0 Å². The van der Waals surface area contributed by atoms with E-state index in [9.17, 15) is 18.0 Å². The molecule has 144 valence electrons. The average molecular weight is 384 g/mol. The Labute approximate surface area is 152 Å². The largest absolute Gasteiger partial charge is 0.427 e. The van der Waals surface area contributed by atoms with E-state index in [1.807, 2.05) is 0 Å². The number of hydrogen-bond acceptors (Lipinski definition) is 6. The first kappa shape index (κ1) is 19.0. The Morgan fingerprint density at radius 1 is 1.31 bits per heavy atom. The van der Waals surface area contributed by atoms with Crippen molar-refractivity contribution >= 4 is 16.1 Å². The van der Waals surface area contributed by atoms with Gasteiger partial charge in [0.25, 0.3) is 16.1 Å². The van der Waals surface area contributed by atoms with Gasteiger partial charge in [-0.15, -0.1) is 0 Å². The minimum Gasteiger partial charge on any atom is -0.427 e. The highest BCUT2D eigenvalue weighted by Crippen LogP contribution is 2.24. The van der Waals surface area contributed by atoms with Crippen LogP contribution >= 0.6 is 0 Å². The predicted octanol–water partition coefficient (Wildman–Crippen LogP) is -0.623. The smallest absolute Gasteiger partial charge is 0.349 e. The van der Waals surface area contributed by atoms with Gasteiger partial charge in [-0.25, -0.2) is 9.93 Å². The second-order valence-corrected chi connectivity index (χ2v) is 8.32. The summed E-state index contributed by atoms with van der Waals surface area (Å²) in [5, 5.41) is 8.38. The number of amides is 1. The summed E-state index contributed by atoms with van der Waals surface area (Å²) in [5.41, 5.74) is -0.0354. The number of piperidine rings is 1. The standard InChI is InChI=1S/C16H24N4O5S/c1-11-9-13(12-3-2-4-18-10-12)25-16(22)14(11)15(21)19-5-7-20(8-6-19)26(17,23)24/h9,12,18H,2-8,10H2,1H3,(H2,17,23,24). The van der Waals surface area contributed by atoms with E-state index < -0.39 is 21.7 Å². The van der Waals surface area contributed by atoms with E-state index in [0.29, 0.717) is 11.3 Å². The van der Waals surface area contributed by atoms with Gasteiger partial charge in [-0.05, 0) is 37.9 Å². The van der Waals surface area contributed by atoms with Gasteiger partial charge in [0.2, 0.25) is 0 Å². The number of rotatable bonds is 3. The second-order valence-electron chi connectivity index (χ2n) is 6.77. The molecule has 1 atom stereocenters. The molecule has 2 aliphatic rings. The summed E-state index contributed by atoms with van der Waals surface area (Å²) in [6.07, 6.45) is 1.96. The summed E-state index contributed by atoms with van der Waals surface area (Å²) in [6, 6.07) is 1.77. The van der Waals surface area contributed by atoms with Crippen LogP contribution in [0.1, 0.15) is 40.4 Å². The number of nitrogens with zero attached hydrogens (tertiary/aromatic N) is 2. The highest BCUT2D eigenvalue weighted by Gasteiger charge is 2.30. The van der Waals surface area contributed by atoms with E-state index in [4.69, 9.17) is 9.56 Å². The van der Waals surface area contributed by atoms with Gasteiger partial charge >= 0.3 is 5.63 Å². The molecule has 1 aromatic heterocycles. The molecule has 0 aromatic carbocycles. The first-order valence-corrected chi connectivity index (χ1v) is 10.2. The van der Waals surface area contributed by atoms with Crippen LogP contribution in [0.15, 0.2) is 15.3 Å². The third-order valence-electron chi connectivity index (χ3n) is 4.97. The number of carbonyl (C=O) groups is 1. The molecule has 1 amide bonds. The minimum absolute atomic E-state index is 0.0153. The molecule has 0 saturated carbocycles. The van der Waals surface area contributed by atoms with E-state index in [1.54, 1.807) is 13.0 Å². The topological polar surface area (TPSA) is 126 Å². The molecule has 0 radical (unpaired) electrons. The van der Waals surface area contributed by atoms with Crippen LogP contribution in [0.5, 0.6) is 0 Å². The molecule has 2 aliphatic heterocycles. The summed E-state index contributed by atoms with van der Waals surface area (Å²) in [5.74, 6) is 0.312. The zero-order valence-electron chi connectivity index (χ0n) is 14.7. The summed E-state index contributed by atoms with van der Waals surface area (Å²) in [6.45, 7) is 4.03. The van der Waals surface area contributed by atoms with Crippen molar-refractivity contribution in [3.05, 3.63) is 33.4 Å². The molecule has 0 bridgehead atoms. The Balaban J connectivity index is 1.77. The molecule has 3 heterocycles. The third-order valence-corrected chi connectivity index (χ3v) is 6.05. The Hall–Kier alpha value is -1.75. The number of nitrogens with one attached hydrogen (secondary N) is 1. The Morgan fingerprint density at radius 2 is 2.00 bits per heavy atom. The van der Waals surface area contributed by atoms with Crippen molar-refractivity contribution < 1.29 is 17.6 Å². The number of aryl methyl sites for hydroxylation is 1. The number of hydrogen-bond donors (Lipinski definition) is 2. The van der Waals surface area contributed by atoms with Crippen LogP contribution in [0.2, 0.25) is 0 Å². The maximum absolute atomic E-state index is 12.7. The van der Waals surface area contributed by atoms with Crippen LogP contribution in [-0.4, -0.2) is 62.8 Å². The number of piperazine rings is 1. The van der Waals surface area contributed by atoms with Crippen LogP contribution in [0, 0.1) is 6.92 Å². The molecule has 2 fully saturated rings. The Morgan fingerprint density at radius 3 is 2.54 bits per heavy atom. The molecular formula is C16H24N4O5S. The molecular weight excluding hydrogens is 360 g/mol. The Bertz CT molecular complexity index is 837. The maximum atomic E-state index is 12.7. The van der Waals surface area contributed by atoms with Crippen molar-refractivity contribution in [1.29, 1.82) is 0 Å². The quantitative estimate of drug-likeness (QED) is 0.715. The van der Waals surface area contributed by atoms with Crippen molar-refractivity contribution in [2.24, 2.45) is 5.14 Å². The fourth-order valence-electron chi connectivity index (χ4n) is 3.49. The molecule has 0 aliphatic carbocycles. The first-order valence-electron chi connectivity index (χ1n) is 8.70. The van der Waals surface area contributed by atoms with Crippen LogP contribution < -0.4 is 16.1 Å². The molecule has 9 nitrogen and oxygen atoms in total. The van der Waals surface area contributed by atoms with Gasteiger partial charge in [0, 0.05) is 38.6 Å². The molecule has 1 unspecified atom stereocenters. The first-order chi connectivity index (χ1) is 12.3. The van der Waals surface area contributed by atoms with Gasteiger partial charge < -0.3 is 14.6 Å². The van der Waals surface area contributed by atoms with E-state index >= 15 is 0 Å². The minimum atomic E-state index is -3.76. The number of nitrogens with two attached hydrogens (primary N) is 1. The predicted molar refractivity (Wildman–Crippen MR) is 95.1 cm³/mol. The zero-order valence-corrected chi connectivity index (χ0v) is 15.5. The van der Waals surface area contributed by atoms with Crippen LogP contribution in [0.25, 0.3) is 0 Å². The zero-order chi connectivity index (χ0) is 18.9. The van der Waals surface area contributed by atoms with Gasteiger partial charge in [-0.1, -0.05) is 0 Å². The monoisotopic (exact) mass is 384 g/mol. The Kier molecular flexibility index (Phi) is 5.47. The van der Waals surface area contributed by atoms with Crippen LogP contribution in [0.3, 0.4) is 0 Å². The van der Waals surface area contributed by atoms with Gasteiger partial charge in [0.1, 0.15) is 11.3 Å². The van der Waals surface area contributed by atoms with Gasteiger partial charge in [0.05, 0.1) is 0 Å². The van der Waals surface area contributed by atoms with E-state index in [0.717, 1.165) is 30.2 Å². The lowest BCUT2D eigenvalue weighted by Gasteiger charge is -2.33. The van der Waals surface area contributed by atoms with Crippen molar-refractivity contribution in [2.75, 3.05) is 39.3 Å². The molecule has 26 heavy (non-hydrogen) atoms.